The minimum Gasteiger partial charge on any atom is -0.436 e. The van der Waals surface area contributed by atoms with Crippen molar-refractivity contribution in [2.45, 2.75) is 18.9 Å². The molecule has 0 unspecified atom stereocenters. The molecule has 6 nitrogen and oxygen atoms in total. The summed E-state index contributed by atoms with van der Waals surface area (Å²) in [5.41, 5.74) is 1.40. The Balaban J connectivity index is 1.71. The van der Waals surface area contributed by atoms with Crippen LogP contribution in [0, 0.1) is 0 Å². The Hall–Kier alpha value is -2.86. The molecule has 1 fully saturated rings. The molecule has 1 N–H and O–H groups in total. The van der Waals surface area contributed by atoms with Gasteiger partial charge in [-0.05, 0) is 51.2 Å². The highest BCUT2D eigenvalue weighted by molar-refractivity contribution is 5.87. The number of anilines is 3. The van der Waals surface area contributed by atoms with Gasteiger partial charge in [-0.15, -0.1) is 0 Å². The molecule has 1 aromatic carbocycles. The zero-order chi connectivity index (χ0) is 18.8. The van der Waals surface area contributed by atoms with Crippen molar-refractivity contribution in [2.75, 3.05) is 37.4 Å². The van der Waals surface area contributed by atoms with E-state index in [9.17, 15) is 4.79 Å². The minimum atomic E-state index is -0.0668. The monoisotopic (exact) mass is 364 g/mol. The topological polar surface area (TPSA) is 61.6 Å². The van der Waals surface area contributed by atoms with E-state index in [4.69, 9.17) is 4.42 Å². The Labute approximate surface area is 158 Å². The van der Waals surface area contributed by atoms with Crippen molar-refractivity contribution < 1.29 is 4.42 Å². The van der Waals surface area contributed by atoms with Crippen molar-refractivity contribution in [3.8, 4) is 0 Å². The first-order chi connectivity index (χ1) is 13.1. The lowest BCUT2D eigenvalue weighted by atomic mass is 10.1. The fourth-order valence-corrected chi connectivity index (χ4v) is 3.46. The molecule has 3 aromatic rings. The van der Waals surface area contributed by atoms with E-state index in [1.807, 2.05) is 42.3 Å². The Morgan fingerprint density at radius 2 is 1.93 bits per heavy atom. The van der Waals surface area contributed by atoms with Gasteiger partial charge < -0.3 is 19.5 Å². The number of hydrogen-bond donors (Lipinski definition) is 1. The average molecular weight is 364 g/mol. The Kier molecular flexibility index (Phi) is 4.81. The first kappa shape index (κ1) is 17.5. The SMILES string of the molecule is CN1CCC(Nc2nccc3c(=O)cc(N(C)c4ccccc4)oc23)CC1. The lowest BCUT2D eigenvalue weighted by Crippen LogP contribution is -2.36. The molecule has 1 aliphatic rings. The van der Waals surface area contributed by atoms with E-state index in [2.05, 4.69) is 22.2 Å². The molecule has 2 aromatic heterocycles. The molecular weight excluding hydrogens is 340 g/mol. The third-order valence-corrected chi connectivity index (χ3v) is 5.16. The number of nitrogens with zero attached hydrogens (tertiary/aromatic N) is 3. The maximum Gasteiger partial charge on any atom is 0.204 e. The summed E-state index contributed by atoms with van der Waals surface area (Å²) in [5.74, 6) is 1.14. The van der Waals surface area contributed by atoms with Crippen LogP contribution in [-0.2, 0) is 0 Å². The number of benzene rings is 1. The molecule has 0 amide bonds. The van der Waals surface area contributed by atoms with Crippen molar-refractivity contribution in [1.82, 2.24) is 9.88 Å². The zero-order valence-corrected chi connectivity index (χ0v) is 15.7. The number of fused-ring (bicyclic) bond motifs is 1. The van der Waals surface area contributed by atoms with Crippen LogP contribution < -0.4 is 15.6 Å². The van der Waals surface area contributed by atoms with Gasteiger partial charge in [0.15, 0.2) is 16.8 Å². The van der Waals surface area contributed by atoms with E-state index in [0.717, 1.165) is 31.6 Å². The van der Waals surface area contributed by atoms with Gasteiger partial charge in [0.1, 0.15) is 0 Å². The third-order valence-electron chi connectivity index (χ3n) is 5.16. The van der Waals surface area contributed by atoms with Crippen molar-refractivity contribution >= 4 is 28.4 Å². The number of piperidine rings is 1. The first-order valence-corrected chi connectivity index (χ1v) is 9.28. The van der Waals surface area contributed by atoms with Crippen LogP contribution in [0.2, 0.25) is 0 Å². The highest BCUT2D eigenvalue weighted by Gasteiger charge is 2.19. The Bertz CT molecular complexity index is 978. The van der Waals surface area contributed by atoms with Gasteiger partial charge in [-0.2, -0.15) is 0 Å². The van der Waals surface area contributed by atoms with E-state index < -0.39 is 0 Å². The van der Waals surface area contributed by atoms with E-state index in [-0.39, 0.29) is 5.43 Å². The molecule has 1 aliphatic heterocycles. The molecule has 0 spiro atoms. The smallest absolute Gasteiger partial charge is 0.204 e. The number of para-hydroxylation sites is 1. The van der Waals surface area contributed by atoms with E-state index >= 15 is 0 Å². The number of aromatic nitrogens is 1. The van der Waals surface area contributed by atoms with Crippen LogP contribution >= 0.6 is 0 Å². The summed E-state index contributed by atoms with van der Waals surface area (Å²) in [7, 11) is 4.02. The summed E-state index contributed by atoms with van der Waals surface area (Å²) < 4.78 is 6.14. The van der Waals surface area contributed by atoms with E-state index in [0.29, 0.717) is 28.7 Å². The second-order valence-corrected chi connectivity index (χ2v) is 7.10. The minimum absolute atomic E-state index is 0.0668. The molecule has 140 valence electrons. The van der Waals surface area contributed by atoms with Crippen molar-refractivity contribution in [3.63, 3.8) is 0 Å². The molecule has 4 rings (SSSR count). The van der Waals surface area contributed by atoms with Crippen LogP contribution in [0.4, 0.5) is 17.4 Å². The van der Waals surface area contributed by atoms with Gasteiger partial charge >= 0.3 is 0 Å². The van der Waals surface area contributed by atoms with Crippen molar-refractivity contribution in [3.05, 3.63) is 58.9 Å². The second-order valence-electron chi connectivity index (χ2n) is 7.10. The van der Waals surface area contributed by atoms with Gasteiger partial charge in [-0.25, -0.2) is 4.98 Å². The molecule has 6 heteroatoms. The first-order valence-electron chi connectivity index (χ1n) is 9.28. The fraction of sp³-hybridized carbons (Fsp3) is 0.333. The Morgan fingerprint density at radius 3 is 2.67 bits per heavy atom. The van der Waals surface area contributed by atoms with Gasteiger partial charge in [0.25, 0.3) is 0 Å². The number of rotatable bonds is 4. The number of hydrogen-bond acceptors (Lipinski definition) is 6. The molecule has 0 atom stereocenters. The maximum absolute atomic E-state index is 12.7. The van der Waals surface area contributed by atoms with Crippen LogP contribution in [0.15, 0.2) is 57.9 Å². The van der Waals surface area contributed by atoms with Crippen LogP contribution in [-0.4, -0.2) is 43.1 Å². The number of likely N-dealkylation sites (tertiary alicyclic amines) is 1. The summed E-state index contributed by atoms with van der Waals surface area (Å²) in [4.78, 5) is 21.3. The summed E-state index contributed by atoms with van der Waals surface area (Å²) in [6.07, 6.45) is 3.75. The maximum atomic E-state index is 12.7. The second kappa shape index (κ2) is 7.40. The summed E-state index contributed by atoms with van der Waals surface area (Å²) >= 11 is 0. The molecule has 0 radical (unpaired) electrons. The Morgan fingerprint density at radius 1 is 1.19 bits per heavy atom. The van der Waals surface area contributed by atoms with Crippen molar-refractivity contribution in [1.29, 1.82) is 0 Å². The van der Waals surface area contributed by atoms with Gasteiger partial charge in [-0.1, -0.05) is 18.2 Å². The average Bonchev–Trinajstić information content (AvgIpc) is 2.70. The lowest BCUT2D eigenvalue weighted by molar-refractivity contribution is 0.263. The summed E-state index contributed by atoms with van der Waals surface area (Å²) in [6, 6.07) is 13.4. The summed E-state index contributed by atoms with van der Waals surface area (Å²) in [6.45, 7) is 2.10. The highest BCUT2D eigenvalue weighted by Crippen LogP contribution is 2.28. The number of nitrogens with one attached hydrogen (secondary N) is 1. The highest BCUT2D eigenvalue weighted by atomic mass is 16.4. The number of pyridine rings is 1. The summed E-state index contributed by atoms with van der Waals surface area (Å²) in [5, 5.41) is 4.04. The largest absolute Gasteiger partial charge is 0.436 e. The van der Waals surface area contributed by atoms with Crippen LogP contribution in [0.5, 0.6) is 0 Å². The van der Waals surface area contributed by atoms with Gasteiger partial charge in [-0.3, -0.25) is 4.79 Å². The van der Waals surface area contributed by atoms with Crippen molar-refractivity contribution in [2.24, 2.45) is 0 Å². The lowest BCUT2D eigenvalue weighted by Gasteiger charge is -2.29. The van der Waals surface area contributed by atoms with Crippen LogP contribution in [0.1, 0.15) is 12.8 Å². The molecule has 3 heterocycles. The molecule has 27 heavy (non-hydrogen) atoms. The molecular formula is C21H24N4O2. The van der Waals surface area contributed by atoms with Gasteiger partial charge in [0.2, 0.25) is 5.88 Å². The van der Waals surface area contributed by atoms with Gasteiger partial charge in [0.05, 0.1) is 5.39 Å². The van der Waals surface area contributed by atoms with E-state index in [1.54, 1.807) is 12.3 Å². The molecule has 0 saturated carbocycles. The normalized spacial score (nSPS) is 15.8. The molecule has 0 bridgehead atoms. The van der Waals surface area contributed by atoms with Crippen LogP contribution in [0.25, 0.3) is 11.0 Å². The predicted molar refractivity (Wildman–Crippen MR) is 109 cm³/mol. The zero-order valence-electron chi connectivity index (χ0n) is 15.7. The quantitative estimate of drug-likeness (QED) is 0.765. The standard InChI is InChI=1S/C21H24N4O2/c1-24-12-9-15(10-13-24)23-21-20-17(8-11-22-21)18(26)14-19(27-20)25(2)16-6-4-3-5-7-16/h3-8,11,14-15H,9-10,12-13H2,1-2H3,(H,22,23). The van der Waals surface area contributed by atoms with Crippen LogP contribution in [0.3, 0.4) is 0 Å². The molecule has 1 saturated heterocycles. The predicted octanol–water partition coefficient (Wildman–Crippen LogP) is 3.46. The fourth-order valence-electron chi connectivity index (χ4n) is 3.46. The van der Waals surface area contributed by atoms with Gasteiger partial charge in [0, 0.05) is 31.0 Å². The third kappa shape index (κ3) is 3.66. The molecule has 0 aliphatic carbocycles. The van der Waals surface area contributed by atoms with E-state index in [1.165, 1.54) is 6.07 Å².